The molecule has 7 nitrogen and oxygen atoms in total. The summed E-state index contributed by atoms with van der Waals surface area (Å²) in [6.45, 7) is 3.86. The molecular weight excluding hydrogens is 431 g/mol. The lowest BCUT2D eigenvalue weighted by Crippen LogP contribution is -2.46. The number of rotatable bonds is 6. The van der Waals surface area contributed by atoms with Crippen LogP contribution in [0.15, 0.2) is 72.9 Å². The van der Waals surface area contributed by atoms with E-state index in [2.05, 4.69) is 56.6 Å². The Kier molecular flexibility index (Phi) is 6.33. The Balaban J connectivity index is 1.34. The number of hydrogen-bond acceptors (Lipinski definition) is 5. The molecule has 1 aliphatic heterocycles. The Morgan fingerprint density at radius 3 is 2.68 bits per heavy atom. The molecule has 1 unspecified atom stereocenters. The van der Waals surface area contributed by atoms with Crippen LogP contribution in [0.5, 0.6) is 0 Å². The maximum atomic E-state index is 13.4. The predicted molar refractivity (Wildman–Crippen MR) is 128 cm³/mol. The number of fused-ring (bicyclic) bond motifs is 1. The average molecular weight is 459 g/mol. The molecule has 5 rings (SSSR count). The first-order chi connectivity index (χ1) is 16.6. The molecule has 1 fully saturated rings. The lowest BCUT2D eigenvalue weighted by molar-refractivity contribution is 0.0852. The minimum absolute atomic E-state index is 0.0538. The van der Waals surface area contributed by atoms with Gasteiger partial charge in [0.05, 0.1) is 11.6 Å². The molecule has 8 heteroatoms. The molecule has 2 aromatic carbocycles. The van der Waals surface area contributed by atoms with Gasteiger partial charge in [-0.05, 0) is 42.4 Å². The summed E-state index contributed by atoms with van der Waals surface area (Å²) < 4.78 is 15.3. The molecule has 1 amide bonds. The average Bonchev–Trinajstić information content (AvgIpc) is 3.27. The molecule has 174 valence electrons. The van der Waals surface area contributed by atoms with Gasteiger partial charge in [0.1, 0.15) is 5.82 Å². The number of pyridine rings is 1. The fourth-order valence-electron chi connectivity index (χ4n) is 4.40. The molecule has 0 radical (unpaired) electrons. The zero-order valence-corrected chi connectivity index (χ0v) is 19.1. The zero-order chi connectivity index (χ0) is 23.5. The van der Waals surface area contributed by atoms with E-state index in [1.165, 1.54) is 17.7 Å². The van der Waals surface area contributed by atoms with E-state index in [0.717, 1.165) is 32.0 Å². The number of aromatic nitrogens is 3. The van der Waals surface area contributed by atoms with Crippen LogP contribution in [0.2, 0.25) is 0 Å². The summed E-state index contributed by atoms with van der Waals surface area (Å²) in [5.41, 5.74) is 3.20. The number of piperazine rings is 1. The van der Waals surface area contributed by atoms with Gasteiger partial charge < -0.3 is 5.32 Å². The number of amides is 1. The third kappa shape index (κ3) is 4.83. The fourth-order valence-corrected chi connectivity index (χ4v) is 4.40. The highest BCUT2D eigenvalue weighted by Crippen LogP contribution is 2.24. The number of hydrogen-bond donors (Lipinski definition) is 1. The summed E-state index contributed by atoms with van der Waals surface area (Å²) in [5, 5.41) is 11.7. The third-order valence-corrected chi connectivity index (χ3v) is 6.31. The Bertz CT molecular complexity index is 1290. The van der Waals surface area contributed by atoms with Crippen LogP contribution in [0, 0.1) is 5.82 Å². The molecule has 1 saturated heterocycles. The second kappa shape index (κ2) is 9.70. The summed E-state index contributed by atoms with van der Waals surface area (Å²) in [6.07, 6.45) is 1.79. The van der Waals surface area contributed by atoms with Gasteiger partial charge >= 0.3 is 0 Å². The largest absolute Gasteiger partial charge is 0.348 e. The van der Waals surface area contributed by atoms with Crippen molar-refractivity contribution < 1.29 is 9.18 Å². The van der Waals surface area contributed by atoms with Crippen molar-refractivity contribution in [1.29, 1.82) is 0 Å². The van der Waals surface area contributed by atoms with Gasteiger partial charge in [-0.15, -0.1) is 10.2 Å². The van der Waals surface area contributed by atoms with Crippen LogP contribution in [-0.4, -0.2) is 57.0 Å². The number of likely N-dealkylation sites (N-methyl/N-ethyl adjacent to an activating group) is 1. The van der Waals surface area contributed by atoms with Crippen molar-refractivity contribution in [2.75, 3.05) is 26.7 Å². The molecule has 4 aromatic rings. The zero-order valence-electron chi connectivity index (χ0n) is 19.1. The number of halogens is 1. The van der Waals surface area contributed by atoms with Gasteiger partial charge in [-0.25, -0.2) is 4.39 Å². The summed E-state index contributed by atoms with van der Waals surface area (Å²) in [6, 6.07) is 20.3. The van der Waals surface area contributed by atoms with Crippen molar-refractivity contribution in [3.05, 3.63) is 101 Å². The first kappa shape index (κ1) is 22.2. The van der Waals surface area contributed by atoms with Crippen LogP contribution < -0.4 is 5.32 Å². The lowest BCUT2D eigenvalue weighted by Gasteiger charge is -2.38. The van der Waals surface area contributed by atoms with Gasteiger partial charge in [0.15, 0.2) is 11.5 Å². The van der Waals surface area contributed by atoms with Gasteiger partial charge in [-0.2, -0.15) is 0 Å². The second-order valence-corrected chi connectivity index (χ2v) is 8.73. The molecule has 34 heavy (non-hydrogen) atoms. The minimum Gasteiger partial charge on any atom is -0.348 e. The third-order valence-electron chi connectivity index (χ3n) is 6.31. The standard InChI is InChI=1S/C26H27FN6O/c1-31-12-13-32(16-19-6-3-2-4-7-19)18-23(31)25-30-29-24-11-10-21(17-33(24)25)26(34)28-15-20-8-5-9-22(27)14-20/h2-11,14,17,23H,12-13,15-16,18H2,1H3,(H,28,34). The van der Waals surface area contributed by atoms with Crippen molar-refractivity contribution in [3.8, 4) is 0 Å². The van der Waals surface area contributed by atoms with Gasteiger partial charge in [0.2, 0.25) is 0 Å². The van der Waals surface area contributed by atoms with E-state index in [0.29, 0.717) is 16.8 Å². The van der Waals surface area contributed by atoms with E-state index < -0.39 is 0 Å². The van der Waals surface area contributed by atoms with Crippen LogP contribution in [-0.2, 0) is 13.1 Å². The van der Waals surface area contributed by atoms with Gasteiger partial charge in [0, 0.05) is 38.9 Å². The number of carbonyl (C=O) groups is 1. The van der Waals surface area contributed by atoms with Crippen LogP contribution in [0.4, 0.5) is 4.39 Å². The summed E-state index contributed by atoms with van der Waals surface area (Å²) >= 11 is 0. The molecule has 0 spiro atoms. The van der Waals surface area contributed by atoms with E-state index in [1.807, 2.05) is 10.5 Å². The number of carbonyl (C=O) groups excluding carboxylic acids is 1. The predicted octanol–water partition coefficient (Wildman–Crippen LogP) is 3.29. The number of nitrogens with zero attached hydrogens (tertiary/aromatic N) is 5. The van der Waals surface area contributed by atoms with E-state index in [-0.39, 0.29) is 24.3 Å². The van der Waals surface area contributed by atoms with E-state index in [1.54, 1.807) is 30.5 Å². The maximum Gasteiger partial charge on any atom is 0.253 e. The Labute approximate surface area is 197 Å². The highest BCUT2D eigenvalue weighted by molar-refractivity contribution is 5.94. The molecule has 0 bridgehead atoms. The molecule has 3 heterocycles. The van der Waals surface area contributed by atoms with Crippen LogP contribution in [0.3, 0.4) is 0 Å². The van der Waals surface area contributed by atoms with Crippen molar-refractivity contribution >= 4 is 11.6 Å². The highest BCUT2D eigenvalue weighted by Gasteiger charge is 2.29. The number of benzene rings is 2. The molecule has 2 aromatic heterocycles. The van der Waals surface area contributed by atoms with Crippen molar-refractivity contribution in [2.45, 2.75) is 19.1 Å². The Morgan fingerprint density at radius 1 is 1.03 bits per heavy atom. The van der Waals surface area contributed by atoms with Crippen molar-refractivity contribution in [1.82, 2.24) is 29.7 Å². The number of nitrogens with one attached hydrogen (secondary N) is 1. The van der Waals surface area contributed by atoms with Gasteiger partial charge in [-0.1, -0.05) is 42.5 Å². The molecule has 1 atom stereocenters. The molecule has 1 aliphatic rings. The summed E-state index contributed by atoms with van der Waals surface area (Å²) in [4.78, 5) is 17.5. The highest BCUT2D eigenvalue weighted by atomic mass is 19.1. The monoisotopic (exact) mass is 458 g/mol. The van der Waals surface area contributed by atoms with E-state index in [9.17, 15) is 9.18 Å². The SMILES string of the molecule is CN1CCN(Cc2ccccc2)CC1c1nnc2ccc(C(=O)NCc3cccc(F)c3)cn12. The minimum atomic E-state index is -0.319. The normalized spacial score (nSPS) is 17.2. The fraction of sp³-hybridized carbons (Fsp3) is 0.269. The molecule has 0 saturated carbocycles. The van der Waals surface area contributed by atoms with Crippen molar-refractivity contribution in [2.24, 2.45) is 0 Å². The molecule has 0 aliphatic carbocycles. The van der Waals surface area contributed by atoms with Crippen LogP contribution in [0.1, 0.15) is 33.4 Å². The first-order valence-corrected chi connectivity index (χ1v) is 11.4. The smallest absolute Gasteiger partial charge is 0.253 e. The van der Waals surface area contributed by atoms with Crippen LogP contribution >= 0.6 is 0 Å². The maximum absolute atomic E-state index is 13.4. The summed E-state index contributed by atoms with van der Waals surface area (Å²) in [5.74, 6) is 0.267. The van der Waals surface area contributed by atoms with E-state index in [4.69, 9.17) is 0 Å². The quantitative estimate of drug-likeness (QED) is 0.480. The molecule has 1 N–H and O–H groups in total. The van der Waals surface area contributed by atoms with Gasteiger partial charge in [-0.3, -0.25) is 19.0 Å². The van der Waals surface area contributed by atoms with Crippen molar-refractivity contribution in [3.63, 3.8) is 0 Å². The van der Waals surface area contributed by atoms with E-state index >= 15 is 0 Å². The Morgan fingerprint density at radius 2 is 1.85 bits per heavy atom. The lowest BCUT2D eigenvalue weighted by atomic mass is 10.1. The van der Waals surface area contributed by atoms with Gasteiger partial charge in [0.25, 0.3) is 5.91 Å². The second-order valence-electron chi connectivity index (χ2n) is 8.73. The Hall–Kier alpha value is -3.62. The summed E-state index contributed by atoms with van der Waals surface area (Å²) in [7, 11) is 2.10. The van der Waals surface area contributed by atoms with Crippen LogP contribution in [0.25, 0.3) is 5.65 Å². The molecular formula is C26H27FN6O. The topological polar surface area (TPSA) is 65.8 Å². The first-order valence-electron chi connectivity index (χ1n) is 11.4.